The fraction of sp³-hybridized carbons (Fsp3) is 0.268. The number of carbonyl (C=O) groups excluding carboxylic acids is 2. The minimum atomic E-state index is -0.831. The molecule has 7 heteroatoms. The first-order valence-corrected chi connectivity index (χ1v) is 16.3. The Morgan fingerprint density at radius 3 is 1.90 bits per heavy atom. The van der Waals surface area contributed by atoms with Gasteiger partial charge in [0.05, 0.1) is 23.8 Å². The third-order valence-corrected chi connectivity index (χ3v) is 8.24. The van der Waals surface area contributed by atoms with Crippen LogP contribution in [0.1, 0.15) is 83.0 Å². The maximum Gasteiger partial charge on any atom is 0.338 e. The van der Waals surface area contributed by atoms with Crippen LogP contribution in [0.4, 0.5) is 0 Å². The summed E-state index contributed by atoms with van der Waals surface area (Å²) in [5.41, 5.74) is 4.30. The van der Waals surface area contributed by atoms with Crippen LogP contribution >= 0.6 is 0 Å². The van der Waals surface area contributed by atoms with Crippen molar-refractivity contribution >= 4 is 17.5 Å². The van der Waals surface area contributed by atoms with Gasteiger partial charge in [0.2, 0.25) is 0 Å². The molecule has 0 saturated carbocycles. The van der Waals surface area contributed by atoms with Crippen LogP contribution in [0.25, 0.3) is 5.57 Å². The highest BCUT2D eigenvalue weighted by molar-refractivity contribution is 5.89. The van der Waals surface area contributed by atoms with Gasteiger partial charge >= 0.3 is 11.9 Å². The van der Waals surface area contributed by atoms with Crippen molar-refractivity contribution in [1.82, 2.24) is 0 Å². The highest BCUT2D eigenvalue weighted by Gasteiger charge is 2.17. The SMILES string of the molecule is CC/C(=C\C=C\C(O)(CC)CC)c1cc(OCc2ccc(COC(=O)c3ccccc3)c(COC(=O)c3ccccc3)c2)ccc1OC. The molecular formula is C41H44O7. The lowest BCUT2D eigenvalue weighted by molar-refractivity contribution is 0.0435. The summed E-state index contributed by atoms with van der Waals surface area (Å²) in [6, 6.07) is 28.9. The number of ether oxygens (including phenoxy) is 4. The largest absolute Gasteiger partial charge is 0.496 e. The third kappa shape index (κ3) is 9.93. The molecule has 0 amide bonds. The number of rotatable bonds is 16. The smallest absolute Gasteiger partial charge is 0.338 e. The van der Waals surface area contributed by atoms with Crippen LogP contribution in [0, 0.1) is 0 Å². The van der Waals surface area contributed by atoms with E-state index in [9.17, 15) is 14.7 Å². The highest BCUT2D eigenvalue weighted by Crippen LogP contribution is 2.32. The van der Waals surface area contributed by atoms with Crippen LogP contribution < -0.4 is 9.47 Å². The van der Waals surface area contributed by atoms with Crippen LogP contribution in [0.5, 0.6) is 11.5 Å². The van der Waals surface area contributed by atoms with Crippen molar-refractivity contribution in [2.45, 2.75) is 65.5 Å². The van der Waals surface area contributed by atoms with Crippen molar-refractivity contribution in [2.24, 2.45) is 0 Å². The minimum absolute atomic E-state index is 0.00413. The Bertz CT molecular complexity index is 1700. The molecule has 0 aliphatic carbocycles. The molecule has 7 nitrogen and oxygen atoms in total. The van der Waals surface area contributed by atoms with Gasteiger partial charge in [-0.2, -0.15) is 0 Å². The van der Waals surface area contributed by atoms with Crippen LogP contribution in [0.2, 0.25) is 0 Å². The fourth-order valence-electron chi connectivity index (χ4n) is 5.07. The molecule has 0 bridgehead atoms. The lowest BCUT2D eigenvalue weighted by Crippen LogP contribution is -2.22. The number of methoxy groups -OCH3 is 1. The van der Waals surface area contributed by atoms with Crippen molar-refractivity contribution < 1.29 is 33.6 Å². The quantitative estimate of drug-likeness (QED) is 0.0958. The summed E-state index contributed by atoms with van der Waals surface area (Å²) >= 11 is 0. The first-order valence-electron chi connectivity index (χ1n) is 16.3. The molecule has 0 fully saturated rings. The average molecular weight is 649 g/mol. The summed E-state index contributed by atoms with van der Waals surface area (Å²) in [4.78, 5) is 25.3. The predicted octanol–water partition coefficient (Wildman–Crippen LogP) is 8.89. The molecule has 0 aliphatic heterocycles. The van der Waals surface area contributed by atoms with E-state index in [-0.39, 0.29) is 19.8 Å². The molecule has 0 aliphatic rings. The second-order valence-corrected chi connectivity index (χ2v) is 11.4. The fourth-order valence-corrected chi connectivity index (χ4v) is 5.07. The Kier molecular flexibility index (Phi) is 13.2. The summed E-state index contributed by atoms with van der Waals surface area (Å²) in [5, 5.41) is 10.7. The lowest BCUT2D eigenvalue weighted by Gasteiger charge is -2.20. The molecule has 0 spiro atoms. The number of esters is 2. The molecule has 48 heavy (non-hydrogen) atoms. The second-order valence-electron chi connectivity index (χ2n) is 11.4. The molecule has 1 N–H and O–H groups in total. The van der Waals surface area contributed by atoms with E-state index in [1.54, 1.807) is 55.6 Å². The first kappa shape index (κ1) is 35.7. The zero-order chi connectivity index (χ0) is 34.4. The molecule has 250 valence electrons. The second kappa shape index (κ2) is 17.7. The molecule has 0 heterocycles. The standard InChI is InChI=1S/C41H44O7/c1-5-31(19-14-24-41(44,6-2)7-3)37-26-36(22-23-38(37)45-4)46-27-30-20-21-34(28-47-39(42)32-15-10-8-11-16-32)35(25-30)29-48-40(43)33-17-12-9-13-18-33/h8-26,44H,5-7,27-29H2,1-4H3/b24-14+,31-19+. The van der Waals surface area contributed by atoms with E-state index in [1.807, 2.05) is 80.6 Å². The van der Waals surface area contributed by atoms with Crippen LogP contribution in [-0.4, -0.2) is 29.8 Å². The van der Waals surface area contributed by atoms with Gasteiger partial charge < -0.3 is 24.1 Å². The molecular weight excluding hydrogens is 604 g/mol. The van der Waals surface area contributed by atoms with E-state index in [2.05, 4.69) is 6.92 Å². The number of hydrogen-bond donors (Lipinski definition) is 1. The number of carbonyl (C=O) groups is 2. The van der Waals surface area contributed by atoms with Crippen molar-refractivity contribution in [2.75, 3.05) is 7.11 Å². The van der Waals surface area contributed by atoms with Gasteiger partial charge in [-0.1, -0.05) is 87.5 Å². The monoisotopic (exact) mass is 648 g/mol. The van der Waals surface area contributed by atoms with E-state index >= 15 is 0 Å². The molecule has 4 aromatic rings. The van der Waals surface area contributed by atoms with Crippen molar-refractivity contribution in [3.8, 4) is 11.5 Å². The van der Waals surface area contributed by atoms with Gasteiger partial charge in [0.25, 0.3) is 0 Å². The number of hydrogen-bond acceptors (Lipinski definition) is 7. The highest BCUT2D eigenvalue weighted by atomic mass is 16.5. The van der Waals surface area contributed by atoms with Gasteiger partial charge in [-0.25, -0.2) is 9.59 Å². The third-order valence-electron chi connectivity index (χ3n) is 8.24. The van der Waals surface area contributed by atoms with E-state index in [0.29, 0.717) is 35.3 Å². The summed E-state index contributed by atoms with van der Waals surface area (Å²) in [5.74, 6) is 0.500. The zero-order valence-electron chi connectivity index (χ0n) is 28.1. The van der Waals surface area contributed by atoms with Crippen molar-refractivity contribution in [3.05, 3.63) is 149 Å². The summed E-state index contributed by atoms with van der Waals surface area (Å²) in [6.45, 7) is 6.27. The maximum absolute atomic E-state index is 12.7. The van der Waals surface area contributed by atoms with Gasteiger partial charge in [0.1, 0.15) is 31.3 Å². The van der Waals surface area contributed by atoms with Gasteiger partial charge in [-0.3, -0.25) is 0 Å². The number of allylic oxidation sites excluding steroid dienone is 3. The minimum Gasteiger partial charge on any atom is -0.496 e. The predicted molar refractivity (Wildman–Crippen MR) is 188 cm³/mol. The molecule has 0 atom stereocenters. The normalized spacial score (nSPS) is 11.7. The molecule has 0 radical (unpaired) electrons. The Morgan fingerprint density at radius 1 is 0.729 bits per heavy atom. The van der Waals surface area contributed by atoms with E-state index < -0.39 is 17.5 Å². The topological polar surface area (TPSA) is 91.3 Å². The van der Waals surface area contributed by atoms with E-state index in [4.69, 9.17) is 18.9 Å². The lowest BCUT2D eigenvalue weighted by atomic mass is 9.96. The average Bonchev–Trinajstić information content (AvgIpc) is 3.14. The van der Waals surface area contributed by atoms with Gasteiger partial charge in [-0.15, -0.1) is 0 Å². The van der Waals surface area contributed by atoms with E-state index in [1.165, 1.54) is 0 Å². The van der Waals surface area contributed by atoms with E-state index in [0.717, 1.165) is 34.4 Å². The Morgan fingerprint density at radius 2 is 1.33 bits per heavy atom. The molecule has 4 rings (SSSR count). The Labute approximate surface area is 283 Å². The molecule has 0 saturated heterocycles. The summed E-state index contributed by atoms with van der Waals surface area (Å²) < 4.78 is 23.1. The van der Waals surface area contributed by atoms with Crippen LogP contribution in [-0.2, 0) is 29.3 Å². The summed E-state index contributed by atoms with van der Waals surface area (Å²) in [6.07, 6.45) is 7.78. The first-order chi connectivity index (χ1) is 23.3. The number of benzene rings is 4. The maximum atomic E-state index is 12.7. The number of aliphatic hydroxyl groups is 1. The Hall–Kier alpha value is -5.14. The molecule has 0 aromatic heterocycles. The zero-order valence-corrected chi connectivity index (χ0v) is 28.1. The van der Waals surface area contributed by atoms with Crippen molar-refractivity contribution in [3.63, 3.8) is 0 Å². The van der Waals surface area contributed by atoms with Gasteiger partial charge in [-0.05, 0) is 90.1 Å². The molecule has 4 aromatic carbocycles. The summed E-state index contributed by atoms with van der Waals surface area (Å²) in [7, 11) is 1.64. The van der Waals surface area contributed by atoms with Crippen LogP contribution in [0.15, 0.2) is 115 Å². The van der Waals surface area contributed by atoms with Gasteiger partial charge in [0, 0.05) is 5.56 Å². The Balaban J connectivity index is 1.53. The van der Waals surface area contributed by atoms with Crippen molar-refractivity contribution in [1.29, 1.82) is 0 Å². The van der Waals surface area contributed by atoms with Gasteiger partial charge in [0.15, 0.2) is 0 Å². The molecule has 0 unspecified atom stereocenters. The van der Waals surface area contributed by atoms with Crippen LogP contribution in [0.3, 0.4) is 0 Å².